The molecule has 2 fully saturated rings. The Kier molecular flexibility index (Phi) is 3.93. The van der Waals surface area contributed by atoms with Gasteiger partial charge in [-0.1, -0.05) is 13.8 Å². The fourth-order valence-corrected chi connectivity index (χ4v) is 4.04. The summed E-state index contributed by atoms with van der Waals surface area (Å²) in [7, 11) is 0. The summed E-state index contributed by atoms with van der Waals surface area (Å²) < 4.78 is 3.13. The number of amides is 1. The second-order valence-electron chi connectivity index (χ2n) is 6.77. The van der Waals surface area contributed by atoms with Gasteiger partial charge in [0.25, 0.3) is 5.91 Å². The van der Waals surface area contributed by atoms with Crippen molar-refractivity contribution in [1.82, 2.24) is 9.88 Å². The van der Waals surface area contributed by atoms with Gasteiger partial charge >= 0.3 is 0 Å². The van der Waals surface area contributed by atoms with Gasteiger partial charge in [-0.2, -0.15) is 0 Å². The Hall–Kier alpha value is -0.770. The van der Waals surface area contributed by atoms with Crippen molar-refractivity contribution in [3.63, 3.8) is 0 Å². The average molecular weight is 339 g/mol. The maximum Gasteiger partial charge on any atom is 0.268 e. The lowest BCUT2D eigenvalue weighted by Gasteiger charge is -2.32. The van der Waals surface area contributed by atoms with Crippen LogP contribution in [0.4, 0.5) is 0 Å². The molecule has 1 aromatic heterocycles. The molecule has 110 valence electrons. The highest BCUT2D eigenvalue weighted by molar-refractivity contribution is 9.10. The van der Waals surface area contributed by atoms with Gasteiger partial charge in [0.15, 0.2) is 0 Å². The van der Waals surface area contributed by atoms with Crippen molar-refractivity contribution in [2.24, 2.45) is 11.8 Å². The van der Waals surface area contributed by atoms with E-state index in [9.17, 15) is 4.79 Å². The first-order chi connectivity index (χ1) is 9.52. The minimum absolute atomic E-state index is 0.0916. The molecule has 0 aromatic carbocycles. The van der Waals surface area contributed by atoms with Crippen LogP contribution in [0.5, 0.6) is 0 Å². The van der Waals surface area contributed by atoms with Gasteiger partial charge in [0, 0.05) is 22.8 Å². The predicted octanol–water partition coefficient (Wildman–Crippen LogP) is 4.14. The van der Waals surface area contributed by atoms with Crippen LogP contribution in [0.1, 0.15) is 62.5 Å². The second-order valence-corrected chi connectivity index (χ2v) is 7.69. The normalized spacial score (nSPS) is 30.2. The third-order valence-electron chi connectivity index (χ3n) is 4.50. The van der Waals surface area contributed by atoms with Crippen LogP contribution in [0, 0.1) is 11.8 Å². The fourth-order valence-electron chi connectivity index (χ4n) is 3.61. The monoisotopic (exact) mass is 338 g/mol. The summed E-state index contributed by atoms with van der Waals surface area (Å²) in [5.74, 6) is 1.52. The molecule has 2 aliphatic carbocycles. The second kappa shape index (κ2) is 5.55. The lowest BCUT2D eigenvalue weighted by Crippen LogP contribution is -2.40. The van der Waals surface area contributed by atoms with Crippen LogP contribution in [-0.4, -0.2) is 16.5 Å². The van der Waals surface area contributed by atoms with E-state index in [1.165, 1.54) is 19.3 Å². The lowest BCUT2D eigenvalue weighted by molar-refractivity contribution is 0.0901. The Morgan fingerprint density at radius 2 is 1.90 bits per heavy atom. The van der Waals surface area contributed by atoms with Crippen molar-refractivity contribution in [3.05, 3.63) is 22.4 Å². The maximum atomic E-state index is 12.5. The number of nitrogens with zero attached hydrogens (tertiary/aromatic N) is 1. The van der Waals surface area contributed by atoms with Gasteiger partial charge in [-0.15, -0.1) is 0 Å². The zero-order chi connectivity index (χ0) is 14.3. The van der Waals surface area contributed by atoms with Crippen molar-refractivity contribution in [3.8, 4) is 0 Å². The number of hydrogen-bond donors (Lipinski definition) is 1. The fraction of sp³-hybridized carbons (Fsp3) is 0.688. The summed E-state index contributed by atoms with van der Waals surface area (Å²) in [6.45, 7) is 4.58. The average Bonchev–Trinajstić information content (AvgIpc) is 3.11. The molecular weight excluding hydrogens is 316 g/mol. The zero-order valence-corrected chi connectivity index (χ0v) is 13.8. The molecule has 2 atom stereocenters. The van der Waals surface area contributed by atoms with Gasteiger partial charge in [0.05, 0.1) is 0 Å². The third-order valence-corrected chi connectivity index (χ3v) is 4.94. The molecule has 0 radical (unpaired) electrons. The highest BCUT2D eigenvalue weighted by Crippen LogP contribution is 2.37. The number of aromatic nitrogens is 1. The molecule has 0 aliphatic heterocycles. The summed E-state index contributed by atoms with van der Waals surface area (Å²) in [5.41, 5.74) is 0.810. The van der Waals surface area contributed by atoms with Gasteiger partial charge in [0.1, 0.15) is 5.69 Å². The predicted molar refractivity (Wildman–Crippen MR) is 83.8 cm³/mol. The van der Waals surface area contributed by atoms with Crippen LogP contribution in [-0.2, 0) is 0 Å². The Balaban J connectivity index is 1.70. The number of carbonyl (C=O) groups excluding carboxylic acids is 1. The Labute approximate surface area is 129 Å². The van der Waals surface area contributed by atoms with E-state index in [1.54, 1.807) is 0 Å². The van der Waals surface area contributed by atoms with E-state index in [2.05, 4.69) is 39.7 Å². The molecule has 3 rings (SSSR count). The molecule has 0 saturated heterocycles. The smallest absolute Gasteiger partial charge is 0.268 e. The minimum Gasteiger partial charge on any atom is -0.348 e. The van der Waals surface area contributed by atoms with E-state index >= 15 is 0 Å². The molecule has 20 heavy (non-hydrogen) atoms. The van der Waals surface area contributed by atoms with E-state index in [0.717, 1.165) is 23.0 Å². The van der Waals surface area contributed by atoms with E-state index in [-0.39, 0.29) is 5.91 Å². The van der Waals surface area contributed by atoms with Crippen molar-refractivity contribution in [2.45, 2.75) is 58.0 Å². The van der Waals surface area contributed by atoms with Gasteiger partial charge in [-0.05, 0) is 65.9 Å². The third kappa shape index (κ3) is 3.11. The molecule has 2 aliphatic rings. The number of hydrogen-bond acceptors (Lipinski definition) is 1. The number of nitrogens with one attached hydrogen (secondary N) is 1. The molecule has 1 aromatic rings. The van der Waals surface area contributed by atoms with Crippen molar-refractivity contribution in [2.75, 3.05) is 0 Å². The largest absolute Gasteiger partial charge is 0.348 e. The first kappa shape index (κ1) is 14.2. The van der Waals surface area contributed by atoms with Crippen LogP contribution in [0.25, 0.3) is 0 Å². The van der Waals surface area contributed by atoms with E-state index < -0.39 is 0 Å². The highest BCUT2D eigenvalue weighted by Gasteiger charge is 2.30. The van der Waals surface area contributed by atoms with Crippen molar-refractivity contribution in [1.29, 1.82) is 0 Å². The van der Waals surface area contributed by atoms with Crippen LogP contribution < -0.4 is 5.32 Å². The first-order valence-electron chi connectivity index (χ1n) is 7.71. The van der Waals surface area contributed by atoms with Crippen LogP contribution in [0.15, 0.2) is 16.7 Å². The van der Waals surface area contributed by atoms with E-state index in [1.807, 2.05) is 12.3 Å². The summed E-state index contributed by atoms with van der Waals surface area (Å²) in [6.07, 6.45) is 7.94. The molecule has 4 heteroatoms. The quantitative estimate of drug-likeness (QED) is 0.882. The van der Waals surface area contributed by atoms with Crippen molar-refractivity contribution >= 4 is 21.8 Å². The lowest BCUT2D eigenvalue weighted by atomic mass is 9.80. The topological polar surface area (TPSA) is 34.0 Å². The van der Waals surface area contributed by atoms with Gasteiger partial charge < -0.3 is 9.88 Å². The molecule has 1 heterocycles. The molecule has 1 amide bonds. The van der Waals surface area contributed by atoms with Gasteiger partial charge in [0.2, 0.25) is 0 Å². The molecule has 1 N–H and O–H groups in total. The highest BCUT2D eigenvalue weighted by atomic mass is 79.9. The SMILES string of the molecule is CC1CC(C)CC(NC(=O)c2cc(Br)cn2C2CC2)C1. The molecular formula is C16H23BrN2O. The Morgan fingerprint density at radius 1 is 1.25 bits per heavy atom. The minimum atomic E-state index is 0.0916. The zero-order valence-electron chi connectivity index (χ0n) is 12.2. The van der Waals surface area contributed by atoms with Crippen LogP contribution in [0.3, 0.4) is 0 Å². The molecule has 2 unspecified atom stereocenters. The Morgan fingerprint density at radius 3 is 2.50 bits per heavy atom. The Bertz CT molecular complexity index is 497. The van der Waals surface area contributed by atoms with E-state index in [4.69, 9.17) is 0 Å². The van der Waals surface area contributed by atoms with Gasteiger partial charge in [-0.3, -0.25) is 4.79 Å². The number of rotatable bonds is 3. The first-order valence-corrected chi connectivity index (χ1v) is 8.50. The number of carbonyl (C=O) groups is 1. The maximum absolute atomic E-state index is 12.5. The number of halogens is 1. The van der Waals surface area contributed by atoms with Crippen molar-refractivity contribution < 1.29 is 4.79 Å². The summed E-state index contributed by atoms with van der Waals surface area (Å²) in [6, 6.07) is 2.82. The van der Waals surface area contributed by atoms with Gasteiger partial charge in [-0.25, -0.2) is 0 Å². The summed E-state index contributed by atoms with van der Waals surface area (Å²) in [4.78, 5) is 12.5. The molecule has 0 bridgehead atoms. The molecule has 3 nitrogen and oxygen atoms in total. The molecule has 0 spiro atoms. The van der Waals surface area contributed by atoms with Crippen LogP contribution in [0.2, 0.25) is 0 Å². The molecule has 2 saturated carbocycles. The summed E-state index contributed by atoms with van der Waals surface area (Å²) >= 11 is 3.49. The standard InChI is InChI=1S/C16H23BrN2O/c1-10-5-11(2)7-13(6-10)18-16(20)15-8-12(17)9-19(15)14-3-4-14/h8-11,13-14H,3-7H2,1-2H3,(H,18,20). The summed E-state index contributed by atoms with van der Waals surface area (Å²) in [5, 5.41) is 3.25. The van der Waals surface area contributed by atoms with Crippen LogP contribution >= 0.6 is 15.9 Å². The van der Waals surface area contributed by atoms with E-state index in [0.29, 0.717) is 23.9 Å².